The molecule has 4 heteroatoms. The molecule has 0 aromatic heterocycles. The molecule has 0 saturated carbocycles. The van der Waals surface area contributed by atoms with Crippen molar-refractivity contribution in [2.75, 3.05) is 0 Å². The fourth-order valence-electron chi connectivity index (χ4n) is 1.50. The predicted octanol–water partition coefficient (Wildman–Crippen LogP) is 4.15. The van der Waals surface area contributed by atoms with Crippen LogP contribution in [0.15, 0.2) is 18.2 Å². The van der Waals surface area contributed by atoms with E-state index in [9.17, 15) is 13.6 Å². The van der Waals surface area contributed by atoms with Gasteiger partial charge in [-0.1, -0.05) is 35.0 Å². The van der Waals surface area contributed by atoms with E-state index in [1.165, 1.54) is 6.07 Å². The van der Waals surface area contributed by atoms with E-state index >= 15 is 0 Å². The van der Waals surface area contributed by atoms with Gasteiger partial charge in [-0.15, -0.1) is 0 Å². The maximum Gasteiger partial charge on any atom is 0.264 e. The van der Waals surface area contributed by atoms with Gasteiger partial charge in [0.15, 0.2) is 5.78 Å². The van der Waals surface area contributed by atoms with Crippen LogP contribution in [-0.2, 0) is 6.42 Å². The molecule has 16 heavy (non-hydrogen) atoms. The second-order valence-electron chi connectivity index (χ2n) is 3.55. The average Bonchev–Trinajstić information content (AvgIpc) is 2.26. The van der Waals surface area contributed by atoms with Crippen molar-refractivity contribution in [3.63, 3.8) is 0 Å². The standard InChI is InChI=1S/C12H13BrF2O/c1-3-8-4-5-9(11(16)7(2)13)6-10(8)12(14)15/h4-7,12H,3H2,1-2H3. The Kier molecular flexibility index (Phi) is 4.59. The van der Waals surface area contributed by atoms with Crippen LogP contribution >= 0.6 is 15.9 Å². The molecule has 0 bridgehead atoms. The number of alkyl halides is 3. The van der Waals surface area contributed by atoms with Crippen molar-refractivity contribution >= 4 is 21.7 Å². The largest absolute Gasteiger partial charge is 0.293 e. The van der Waals surface area contributed by atoms with E-state index in [-0.39, 0.29) is 16.2 Å². The van der Waals surface area contributed by atoms with Crippen LogP contribution in [0.2, 0.25) is 0 Å². The molecule has 0 heterocycles. The van der Waals surface area contributed by atoms with Crippen molar-refractivity contribution in [2.45, 2.75) is 31.5 Å². The van der Waals surface area contributed by atoms with Crippen molar-refractivity contribution in [1.29, 1.82) is 0 Å². The summed E-state index contributed by atoms with van der Waals surface area (Å²) >= 11 is 3.14. The minimum Gasteiger partial charge on any atom is -0.293 e. The van der Waals surface area contributed by atoms with Crippen LogP contribution < -0.4 is 0 Å². The smallest absolute Gasteiger partial charge is 0.264 e. The molecule has 1 rings (SSSR count). The second kappa shape index (κ2) is 5.53. The monoisotopic (exact) mass is 290 g/mol. The summed E-state index contributed by atoms with van der Waals surface area (Å²) < 4.78 is 25.5. The average molecular weight is 291 g/mol. The highest BCUT2D eigenvalue weighted by atomic mass is 79.9. The van der Waals surface area contributed by atoms with Gasteiger partial charge in [0.1, 0.15) is 0 Å². The summed E-state index contributed by atoms with van der Waals surface area (Å²) in [5, 5.41) is 0. The number of aryl methyl sites for hydroxylation is 1. The molecule has 1 unspecified atom stereocenters. The molecule has 1 aromatic rings. The summed E-state index contributed by atoms with van der Waals surface area (Å²) in [6, 6.07) is 4.50. The summed E-state index contributed by atoms with van der Waals surface area (Å²) in [7, 11) is 0. The molecule has 0 N–H and O–H groups in total. The normalized spacial score (nSPS) is 12.9. The van der Waals surface area contributed by atoms with E-state index < -0.39 is 6.43 Å². The predicted molar refractivity (Wildman–Crippen MR) is 63.5 cm³/mol. The molecule has 0 saturated heterocycles. The Balaban J connectivity index is 3.17. The van der Waals surface area contributed by atoms with Gasteiger partial charge in [0.05, 0.1) is 4.83 Å². The number of benzene rings is 1. The summed E-state index contributed by atoms with van der Waals surface area (Å²) in [4.78, 5) is 11.3. The third-order valence-corrected chi connectivity index (χ3v) is 2.82. The highest BCUT2D eigenvalue weighted by Crippen LogP contribution is 2.25. The molecule has 0 spiro atoms. The van der Waals surface area contributed by atoms with Crippen LogP contribution in [0.5, 0.6) is 0 Å². The Morgan fingerprint density at radius 3 is 2.50 bits per heavy atom. The lowest BCUT2D eigenvalue weighted by Gasteiger charge is -2.10. The Labute approximate surface area is 102 Å². The SMILES string of the molecule is CCc1ccc(C(=O)C(C)Br)cc1C(F)F. The quantitative estimate of drug-likeness (QED) is 0.601. The van der Waals surface area contributed by atoms with Crippen LogP contribution in [0, 0.1) is 0 Å². The number of rotatable bonds is 4. The first-order valence-corrected chi connectivity index (χ1v) is 5.98. The maximum atomic E-state index is 12.7. The molecular formula is C12H13BrF2O. The first kappa shape index (κ1) is 13.3. The van der Waals surface area contributed by atoms with Crippen LogP contribution in [0.1, 0.15) is 41.8 Å². The number of Topliss-reactive ketones (excluding diaryl/α,β-unsaturated/α-hetero) is 1. The van der Waals surface area contributed by atoms with E-state index in [1.807, 2.05) is 6.92 Å². The highest BCUT2D eigenvalue weighted by molar-refractivity contribution is 9.10. The molecule has 0 fully saturated rings. The Hall–Kier alpha value is -0.770. The number of hydrogen-bond acceptors (Lipinski definition) is 1. The fourth-order valence-corrected chi connectivity index (χ4v) is 1.77. The van der Waals surface area contributed by atoms with Gasteiger partial charge < -0.3 is 0 Å². The van der Waals surface area contributed by atoms with Gasteiger partial charge in [-0.3, -0.25) is 4.79 Å². The molecular weight excluding hydrogens is 278 g/mol. The van der Waals surface area contributed by atoms with Crippen molar-refractivity contribution in [1.82, 2.24) is 0 Å². The topological polar surface area (TPSA) is 17.1 Å². The van der Waals surface area contributed by atoms with Gasteiger partial charge in [0.25, 0.3) is 6.43 Å². The summed E-state index contributed by atoms with van der Waals surface area (Å²) in [6.07, 6.45) is -1.99. The number of carbonyl (C=O) groups is 1. The molecule has 1 nitrogen and oxygen atoms in total. The van der Waals surface area contributed by atoms with E-state index in [0.29, 0.717) is 17.5 Å². The molecule has 1 aromatic carbocycles. The number of halogens is 3. The van der Waals surface area contributed by atoms with Crippen molar-refractivity contribution in [2.24, 2.45) is 0 Å². The summed E-state index contributed by atoms with van der Waals surface area (Å²) in [5.41, 5.74) is 0.882. The van der Waals surface area contributed by atoms with Gasteiger partial charge in [0, 0.05) is 11.1 Å². The number of hydrogen-bond donors (Lipinski definition) is 0. The summed E-state index contributed by atoms with van der Waals surface area (Å²) in [5.74, 6) is -0.176. The Morgan fingerprint density at radius 1 is 1.44 bits per heavy atom. The molecule has 0 aliphatic heterocycles. The van der Waals surface area contributed by atoms with Gasteiger partial charge >= 0.3 is 0 Å². The Bertz CT molecular complexity index is 389. The van der Waals surface area contributed by atoms with Gasteiger partial charge in [-0.05, 0) is 25.0 Å². The van der Waals surface area contributed by atoms with Gasteiger partial charge in [-0.2, -0.15) is 0 Å². The van der Waals surface area contributed by atoms with Crippen molar-refractivity contribution in [3.8, 4) is 0 Å². The highest BCUT2D eigenvalue weighted by Gasteiger charge is 2.17. The summed E-state index contributed by atoms with van der Waals surface area (Å²) in [6.45, 7) is 3.49. The van der Waals surface area contributed by atoms with Crippen molar-refractivity contribution in [3.05, 3.63) is 34.9 Å². The van der Waals surface area contributed by atoms with E-state index in [0.717, 1.165) is 0 Å². The van der Waals surface area contributed by atoms with Crippen molar-refractivity contribution < 1.29 is 13.6 Å². The second-order valence-corrected chi connectivity index (χ2v) is 4.92. The van der Waals surface area contributed by atoms with Crippen LogP contribution in [0.4, 0.5) is 8.78 Å². The van der Waals surface area contributed by atoms with Crippen LogP contribution in [0.25, 0.3) is 0 Å². The molecule has 88 valence electrons. The Morgan fingerprint density at radius 2 is 2.06 bits per heavy atom. The lowest BCUT2D eigenvalue weighted by atomic mass is 9.99. The maximum absolute atomic E-state index is 12.7. The third kappa shape index (κ3) is 2.88. The third-order valence-electron chi connectivity index (χ3n) is 2.41. The molecule has 1 atom stereocenters. The minimum absolute atomic E-state index is 0.0403. The molecule has 0 radical (unpaired) electrons. The molecule has 0 aliphatic carbocycles. The zero-order chi connectivity index (χ0) is 12.3. The fraction of sp³-hybridized carbons (Fsp3) is 0.417. The van der Waals surface area contributed by atoms with Crippen LogP contribution in [-0.4, -0.2) is 10.6 Å². The number of carbonyl (C=O) groups excluding carboxylic acids is 1. The molecule has 0 amide bonds. The zero-order valence-electron chi connectivity index (χ0n) is 9.14. The number of ketones is 1. The van der Waals surface area contributed by atoms with Crippen LogP contribution in [0.3, 0.4) is 0 Å². The lowest BCUT2D eigenvalue weighted by Crippen LogP contribution is -2.11. The molecule has 0 aliphatic rings. The van der Waals surface area contributed by atoms with E-state index in [4.69, 9.17) is 0 Å². The van der Waals surface area contributed by atoms with E-state index in [2.05, 4.69) is 15.9 Å². The minimum atomic E-state index is -2.53. The van der Waals surface area contributed by atoms with E-state index in [1.54, 1.807) is 19.1 Å². The first-order chi connectivity index (χ1) is 7.47. The van der Waals surface area contributed by atoms with Gasteiger partial charge in [-0.25, -0.2) is 8.78 Å². The van der Waals surface area contributed by atoms with Gasteiger partial charge in [0.2, 0.25) is 0 Å². The first-order valence-electron chi connectivity index (χ1n) is 5.06. The lowest BCUT2D eigenvalue weighted by molar-refractivity contribution is 0.0995. The zero-order valence-corrected chi connectivity index (χ0v) is 10.7.